The molecule has 1 N–H and O–H groups in total. The second-order valence-corrected chi connectivity index (χ2v) is 2.92. The highest BCUT2D eigenvalue weighted by atomic mass is 16.2. The van der Waals surface area contributed by atoms with Crippen LogP contribution in [0.2, 0.25) is 0 Å². The van der Waals surface area contributed by atoms with Crippen LogP contribution in [0.5, 0.6) is 0 Å². The largest absolute Gasteiger partial charge is 0.392 e. The monoisotopic (exact) mass is 180 g/mol. The fraction of sp³-hybridized carbons (Fsp3) is 0.500. The molecule has 0 unspecified atom stereocenters. The Hall–Kier alpha value is -0.820. The van der Waals surface area contributed by atoms with Crippen LogP contribution in [-0.2, 0) is 0 Å². The van der Waals surface area contributed by atoms with Gasteiger partial charge < -0.3 is 5.11 Å². The summed E-state index contributed by atoms with van der Waals surface area (Å²) in [6, 6.07) is 0. The summed E-state index contributed by atoms with van der Waals surface area (Å²) in [6.07, 6.45) is 16.7. The number of aliphatic hydroxyl groups is 1. The Bertz CT molecular complexity index is 166. The van der Waals surface area contributed by atoms with Gasteiger partial charge in [0.1, 0.15) is 0 Å². The molecular formula is C12H20O. The lowest BCUT2D eigenvalue weighted by atomic mass is 10.2. The maximum absolute atomic E-state index is 8.43. The van der Waals surface area contributed by atoms with Crippen LogP contribution in [0.1, 0.15) is 32.6 Å². The summed E-state index contributed by atoms with van der Waals surface area (Å²) in [5.74, 6) is 0. The van der Waals surface area contributed by atoms with Crippen molar-refractivity contribution in [3.05, 3.63) is 36.5 Å². The molecule has 0 aromatic carbocycles. The van der Waals surface area contributed by atoms with E-state index in [9.17, 15) is 0 Å². The first kappa shape index (κ1) is 12.2. The van der Waals surface area contributed by atoms with Gasteiger partial charge in [0.25, 0.3) is 0 Å². The van der Waals surface area contributed by atoms with Gasteiger partial charge in [0.05, 0.1) is 6.61 Å². The van der Waals surface area contributed by atoms with Crippen LogP contribution in [0.4, 0.5) is 0 Å². The average molecular weight is 180 g/mol. The van der Waals surface area contributed by atoms with Crippen molar-refractivity contribution in [1.29, 1.82) is 0 Å². The molecule has 0 aliphatic carbocycles. The molecule has 0 heterocycles. The first-order valence-corrected chi connectivity index (χ1v) is 5.01. The van der Waals surface area contributed by atoms with Gasteiger partial charge in [-0.2, -0.15) is 0 Å². The molecule has 0 rings (SSSR count). The fourth-order valence-electron chi connectivity index (χ4n) is 0.955. The SMILES string of the molecule is CCCCC\C=C/C=C/C=C/CO. The Kier molecular flexibility index (Phi) is 10.5. The van der Waals surface area contributed by atoms with Crippen molar-refractivity contribution >= 4 is 0 Å². The van der Waals surface area contributed by atoms with Crippen molar-refractivity contribution in [1.82, 2.24) is 0 Å². The zero-order valence-electron chi connectivity index (χ0n) is 8.45. The van der Waals surface area contributed by atoms with E-state index in [0.717, 1.165) is 0 Å². The summed E-state index contributed by atoms with van der Waals surface area (Å²) in [4.78, 5) is 0. The minimum absolute atomic E-state index is 0.116. The standard InChI is InChI=1S/C12H20O/c1-2-3-4-5-6-7-8-9-10-11-12-13/h6-11,13H,2-5,12H2,1H3/b7-6-,9-8+,11-10+. The van der Waals surface area contributed by atoms with E-state index in [4.69, 9.17) is 5.11 Å². The van der Waals surface area contributed by atoms with Gasteiger partial charge in [-0.1, -0.05) is 56.2 Å². The van der Waals surface area contributed by atoms with Crippen molar-refractivity contribution < 1.29 is 5.11 Å². The minimum Gasteiger partial charge on any atom is -0.392 e. The molecule has 74 valence electrons. The molecule has 0 atom stereocenters. The van der Waals surface area contributed by atoms with Gasteiger partial charge in [0, 0.05) is 0 Å². The van der Waals surface area contributed by atoms with Crippen molar-refractivity contribution in [3.63, 3.8) is 0 Å². The van der Waals surface area contributed by atoms with Crippen LogP contribution in [0, 0.1) is 0 Å². The summed E-state index contributed by atoms with van der Waals surface area (Å²) in [7, 11) is 0. The Morgan fingerprint density at radius 1 is 0.923 bits per heavy atom. The van der Waals surface area contributed by atoms with E-state index in [1.54, 1.807) is 6.08 Å². The molecule has 0 aliphatic rings. The second-order valence-electron chi connectivity index (χ2n) is 2.92. The fourth-order valence-corrected chi connectivity index (χ4v) is 0.955. The summed E-state index contributed by atoms with van der Waals surface area (Å²) < 4.78 is 0. The molecule has 0 amide bonds. The van der Waals surface area contributed by atoms with Crippen LogP contribution >= 0.6 is 0 Å². The average Bonchev–Trinajstić information content (AvgIpc) is 2.16. The number of hydrogen-bond donors (Lipinski definition) is 1. The van der Waals surface area contributed by atoms with E-state index in [2.05, 4.69) is 19.1 Å². The third-order valence-corrected chi connectivity index (χ3v) is 1.69. The predicted molar refractivity (Wildman–Crippen MR) is 58.6 cm³/mol. The first-order valence-electron chi connectivity index (χ1n) is 5.01. The topological polar surface area (TPSA) is 20.2 Å². The van der Waals surface area contributed by atoms with E-state index >= 15 is 0 Å². The lowest BCUT2D eigenvalue weighted by Gasteiger charge is -1.89. The van der Waals surface area contributed by atoms with E-state index in [1.165, 1.54) is 25.7 Å². The molecule has 0 aliphatic heterocycles. The van der Waals surface area contributed by atoms with Gasteiger partial charge in [0.15, 0.2) is 0 Å². The van der Waals surface area contributed by atoms with Crippen LogP contribution in [0.25, 0.3) is 0 Å². The molecule has 0 bridgehead atoms. The molecular weight excluding hydrogens is 160 g/mol. The van der Waals surface area contributed by atoms with Gasteiger partial charge >= 0.3 is 0 Å². The lowest BCUT2D eigenvalue weighted by molar-refractivity contribution is 0.343. The summed E-state index contributed by atoms with van der Waals surface area (Å²) >= 11 is 0. The maximum Gasteiger partial charge on any atom is 0.0615 e. The third kappa shape index (κ3) is 11.2. The highest BCUT2D eigenvalue weighted by Gasteiger charge is 1.79. The van der Waals surface area contributed by atoms with Crippen LogP contribution in [0.3, 0.4) is 0 Å². The van der Waals surface area contributed by atoms with E-state index in [0.29, 0.717) is 0 Å². The van der Waals surface area contributed by atoms with E-state index in [1.807, 2.05) is 18.2 Å². The van der Waals surface area contributed by atoms with E-state index < -0.39 is 0 Å². The number of allylic oxidation sites excluding steroid dienone is 5. The van der Waals surface area contributed by atoms with Crippen molar-refractivity contribution in [2.75, 3.05) is 6.61 Å². The van der Waals surface area contributed by atoms with Crippen LogP contribution < -0.4 is 0 Å². The maximum atomic E-state index is 8.43. The number of unbranched alkanes of at least 4 members (excludes halogenated alkanes) is 3. The zero-order valence-corrected chi connectivity index (χ0v) is 8.45. The first-order chi connectivity index (χ1) is 6.41. The van der Waals surface area contributed by atoms with Gasteiger partial charge in [0.2, 0.25) is 0 Å². The Labute approximate surface area is 81.5 Å². The second kappa shape index (κ2) is 11.2. The minimum atomic E-state index is 0.116. The Balaban J connectivity index is 3.29. The number of hydrogen-bond acceptors (Lipinski definition) is 1. The summed E-state index contributed by atoms with van der Waals surface area (Å²) in [6.45, 7) is 2.33. The zero-order chi connectivity index (χ0) is 9.78. The highest BCUT2D eigenvalue weighted by Crippen LogP contribution is 1.99. The molecule has 0 aromatic rings. The molecule has 0 radical (unpaired) electrons. The van der Waals surface area contributed by atoms with E-state index in [-0.39, 0.29) is 6.61 Å². The number of aliphatic hydroxyl groups excluding tert-OH is 1. The normalized spacial score (nSPS) is 12.5. The van der Waals surface area contributed by atoms with Crippen LogP contribution in [-0.4, -0.2) is 11.7 Å². The van der Waals surface area contributed by atoms with Crippen molar-refractivity contribution in [3.8, 4) is 0 Å². The molecule has 0 aromatic heterocycles. The predicted octanol–water partition coefficient (Wildman–Crippen LogP) is 3.23. The van der Waals surface area contributed by atoms with Gasteiger partial charge in [-0.25, -0.2) is 0 Å². The molecule has 0 saturated carbocycles. The van der Waals surface area contributed by atoms with Crippen molar-refractivity contribution in [2.24, 2.45) is 0 Å². The summed E-state index contributed by atoms with van der Waals surface area (Å²) in [5.41, 5.74) is 0. The molecule has 0 fully saturated rings. The third-order valence-electron chi connectivity index (χ3n) is 1.69. The summed E-state index contributed by atoms with van der Waals surface area (Å²) in [5, 5.41) is 8.43. The molecule has 1 heteroatoms. The van der Waals surface area contributed by atoms with Crippen LogP contribution in [0.15, 0.2) is 36.5 Å². The smallest absolute Gasteiger partial charge is 0.0615 e. The molecule has 0 saturated heterocycles. The quantitative estimate of drug-likeness (QED) is 0.471. The van der Waals surface area contributed by atoms with Crippen molar-refractivity contribution in [2.45, 2.75) is 32.6 Å². The Morgan fingerprint density at radius 2 is 1.62 bits per heavy atom. The lowest BCUT2D eigenvalue weighted by Crippen LogP contribution is -1.69. The van der Waals surface area contributed by atoms with Gasteiger partial charge in [-0.15, -0.1) is 0 Å². The van der Waals surface area contributed by atoms with Gasteiger partial charge in [-0.05, 0) is 12.8 Å². The molecule has 13 heavy (non-hydrogen) atoms. The van der Waals surface area contributed by atoms with Gasteiger partial charge in [-0.3, -0.25) is 0 Å². The molecule has 1 nitrogen and oxygen atoms in total. The highest BCUT2D eigenvalue weighted by molar-refractivity contribution is 5.10. The number of rotatable bonds is 7. The Morgan fingerprint density at radius 3 is 2.23 bits per heavy atom. The molecule has 0 spiro atoms.